The van der Waals surface area contributed by atoms with Gasteiger partial charge >= 0.3 is 0 Å². The van der Waals surface area contributed by atoms with Crippen molar-refractivity contribution in [2.24, 2.45) is 0 Å². The Bertz CT molecular complexity index is 690. The van der Waals surface area contributed by atoms with Crippen LogP contribution in [0.1, 0.15) is 13.3 Å². The second-order valence-electron chi connectivity index (χ2n) is 4.80. The zero-order valence-electron chi connectivity index (χ0n) is 13.0. The molecule has 128 valence electrons. The second kappa shape index (κ2) is 9.43. The molecule has 0 saturated heterocycles. The van der Waals surface area contributed by atoms with Crippen LogP contribution < -0.4 is 10.6 Å². The number of hydrogen-bond donors (Lipinski definition) is 2. The molecule has 0 aliphatic heterocycles. The Morgan fingerprint density at radius 1 is 1.17 bits per heavy atom. The number of nitrogens with zero attached hydrogens (tertiary/aromatic N) is 2. The monoisotopic (exact) mass is 412 g/mol. The van der Waals surface area contributed by atoms with Crippen LogP contribution in [-0.4, -0.2) is 40.9 Å². The summed E-state index contributed by atoms with van der Waals surface area (Å²) in [6.45, 7) is 2.53. The molecule has 0 aliphatic rings. The Kier molecular flexibility index (Phi) is 7.26. The fourth-order valence-corrected chi connectivity index (χ4v) is 2.52. The van der Waals surface area contributed by atoms with Crippen LogP contribution in [0.25, 0.3) is 11.5 Å². The lowest BCUT2D eigenvalue weighted by Gasteiger charge is -2.04. The van der Waals surface area contributed by atoms with Crippen LogP contribution in [0, 0.1) is 0 Å². The first-order chi connectivity index (χ1) is 11.6. The smallest absolute Gasteiger partial charge is 0.277 e. The summed E-state index contributed by atoms with van der Waals surface area (Å²) < 4.78 is 6.46. The molecular weight excluding hydrogens is 396 g/mol. The summed E-state index contributed by atoms with van der Waals surface area (Å²) in [5, 5.41) is 13.4. The molecule has 1 aromatic carbocycles. The molecule has 2 amide bonds. The molecule has 0 atom stereocenters. The van der Waals surface area contributed by atoms with E-state index in [-0.39, 0.29) is 24.1 Å². The molecule has 0 radical (unpaired) electrons. The maximum Gasteiger partial charge on any atom is 0.277 e. The lowest BCUT2D eigenvalue weighted by Crippen LogP contribution is -2.37. The molecule has 0 saturated carbocycles. The van der Waals surface area contributed by atoms with E-state index in [1.807, 2.05) is 31.2 Å². The Morgan fingerprint density at radius 3 is 2.62 bits per heavy atom. The van der Waals surface area contributed by atoms with E-state index in [4.69, 9.17) is 4.42 Å². The van der Waals surface area contributed by atoms with E-state index >= 15 is 0 Å². The third kappa shape index (κ3) is 5.97. The number of amides is 2. The van der Waals surface area contributed by atoms with Crippen molar-refractivity contribution in [3.05, 3.63) is 28.7 Å². The number of aromatic nitrogens is 2. The van der Waals surface area contributed by atoms with Crippen LogP contribution in [0.15, 0.2) is 38.4 Å². The molecule has 0 spiro atoms. The van der Waals surface area contributed by atoms with Gasteiger partial charge < -0.3 is 15.1 Å². The topological polar surface area (TPSA) is 97.1 Å². The summed E-state index contributed by atoms with van der Waals surface area (Å²) in [5.41, 5.74) is 0.801. The molecule has 2 N–H and O–H groups in total. The molecule has 0 aliphatic carbocycles. The summed E-state index contributed by atoms with van der Waals surface area (Å²) in [7, 11) is 0. The quantitative estimate of drug-likeness (QED) is 0.645. The van der Waals surface area contributed by atoms with Crippen molar-refractivity contribution in [1.82, 2.24) is 20.8 Å². The molecule has 2 rings (SSSR count). The zero-order valence-corrected chi connectivity index (χ0v) is 15.4. The summed E-state index contributed by atoms with van der Waals surface area (Å²) in [6, 6.07) is 7.47. The summed E-state index contributed by atoms with van der Waals surface area (Å²) >= 11 is 4.48. The Hall–Kier alpha value is -1.87. The Morgan fingerprint density at radius 2 is 1.92 bits per heavy atom. The van der Waals surface area contributed by atoms with Crippen LogP contribution in [0.5, 0.6) is 0 Å². The van der Waals surface area contributed by atoms with E-state index in [0.29, 0.717) is 17.7 Å². The predicted molar refractivity (Wildman–Crippen MR) is 94.5 cm³/mol. The molecule has 1 aromatic heterocycles. The maximum absolute atomic E-state index is 11.7. The number of benzene rings is 1. The molecule has 0 fully saturated rings. The fourth-order valence-electron chi connectivity index (χ4n) is 1.66. The van der Waals surface area contributed by atoms with E-state index in [2.05, 4.69) is 36.8 Å². The van der Waals surface area contributed by atoms with Crippen LogP contribution in [0.3, 0.4) is 0 Å². The van der Waals surface area contributed by atoms with Crippen LogP contribution in [-0.2, 0) is 9.59 Å². The average Bonchev–Trinajstić information content (AvgIpc) is 3.06. The van der Waals surface area contributed by atoms with Gasteiger partial charge in [-0.2, -0.15) is 0 Å². The molecule has 0 unspecified atom stereocenters. The normalized spacial score (nSPS) is 10.4. The number of carbonyl (C=O) groups is 2. The third-order valence-electron chi connectivity index (χ3n) is 2.84. The fraction of sp³-hybridized carbons (Fsp3) is 0.333. The van der Waals surface area contributed by atoms with Gasteiger partial charge in [0.2, 0.25) is 17.7 Å². The maximum atomic E-state index is 11.7. The van der Waals surface area contributed by atoms with E-state index in [0.717, 1.165) is 28.2 Å². The van der Waals surface area contributed by atoms with Crippen molar-refractivity contribution in [2.45, 2.75) is 18.6 Å². The van der Waals surface area contributed by atoms with Gasteiger partial charge in [-0.05, 0) is 30.7 Å². The van der Waals surface area contributed by atoms with Gasteiger partial charge in [0.25, 0.3) is 5.22 Å². The van der Waals surface area contributed by atoms with Crippen molar-refractivity contribution >= 4 is 39.5 Å². The zero-order chi connectivity index (χ0) is 17.4. The van der Waals surface area contributed by atoms with Gasteiger partial charge in [-0.25, -0.2) is 0 Å². The van der Waals surface area contributed by atoms with Crippen molar-refractivity contribution in [2.75, 3.05) is 18.8 Å². The minimum Gasteiger partial charge on any atom is -0.411 e. The first kappa shape index (κ1) is 18.5. The van der Waals surface area contributed by atoms with Crippen LogP contribution >= 0.6 is 27.7 Å². The SMILES string of the molecule is CCCNC(=O)CNC(=O)CSc1nnc(-c2ccc(Br)cc2)o1. The van der Waals surface area contributed by atoms with Crippen molar-refractivity contribution in [3.8, 4) is 11.5 Å². The number of carbonyl (C=O) groups excluding carboxylic acids is 2. The molecule has 9 heteroatoms. The van der Waals surface area contributed by atoms with Gasteiger partial charge in [-0.15, -0.1) is 10.2 Å². The van der Waals surface area contributed by atoms with Crippen molar-refractivity contribution in [1.29, 1.82) is 0 Å². The first-order valence-corrected chi connectivity index (χ1v) is 9.12. The van der Waals surface area contributed by atoms with E-state index < -0.39 is 0 Å². The van der Waals surface area contributed by atoms with Gasteiger partial charge in [0.05, 0.1) is 12.3 Å². The molecule has 7 nitrogen and oxygen atoms in total. The van der Waals surface area contributed by atoms with Crippen molar-refractivity contribution in [3.63, 3.8) is 0 Å². The molecule has 0 bridgehead atoms. The number of halogens is 1. The second-order valence-corrected chi connectivity index (χ2v) is 6.64. The Labute approximate surface area is 152 Å². The van der Waals surface area contributed by atoms with Gasteiger partial charge in [-0.3, -0.25) is 9.59 Å². The van der Waals surface area contributed by atoms with E-state index in [1.54, 1.807) is 0 Å². The highest BCUT2D eigenvalue weighted by molar-refractivity contribution is 9.10. The molecular formula is C15H17BrN4O3S. The van der Waals surface area contributed by atoms with Gasteiger partial charge in [0.1, 0.15) is 0 Å². The van der Waals surface area contributed by atoms with Crippen LogP contribution in [0.2, 0.25) is 0 Å². The summed E-state index contributed by atoms with van der Waals surface area (Å²) in [6.07, 6.45) is 0.855. The average molecular weight is 413 g/mol. The standard InChI is InChI=1S/C15H17BrN4O3S/c1-2-7-17-12(21)8-18-13(22)9-24-15-20-19-14(23-15)10-3-5-11(16)6-4-10/h3-6H,2,7-9H2,1H3,(H,17,21)(H,18,22). The molecule has 1 heterocycles. The number of nitrogens with one attached hydrogen (secondary N) is 2. The minimum atomic E-state index is -0.268. The van der Waals surface area contributed by atoms with Crippen LogP contribution in [0.4, 0.5) is 0 Å². The summed E-state index contributed by atoms with van der Waals surface area (Å²) in [4.78, 5) is 23.1. The van der Waals surface area contributed by atoms with E-state index in [9.17, 15) is 9.59 Å². The Balaban J connectivity index is 1.77. The minimum absolute atomic E-state index is 0.0344. The van der Waals surface area contributed by atoms with Crippen molar-refractivity contribution < 1.29 is 14.0 Å². The lowest BCUT2D eigenvalue weighted by molar-refractivity contribution is -0.124. The highest BCUT2D eigenvalue weighted by Crippen LogP contribution is 2.24. The largest absolute Gasteiger partial charge is 0.411 e. The molecule has 2 aromatic rings. The van der Waals surface area contributed by atoms with Gasteiger partial charge in [-0.1, -0.05) is 34.6 Å². The highest BCUT2D eigenvalue weighted by atomic mass is 79.9. The summed E-state index contributed by atoms with van der Waals surface area (Å²) in [5.74, 6) is 0.0214. The predicted octanol–water partition coefficient (Wildman–Crippen LogP) is 2.23. The lowest BCUT2D eigenvalue weighted by atomic mass is 10.2. The highest BCUT2D eigenvalue weighted by Gasteiger charge is 2.11. The number of rotatable bonds is 8. The van der Waals surface area contributed by atoms with Gasteiger partial charge in [0, 0.05) is 16.6 Å². The molecule has 24 heavy (non-hydrogen) atoms. The number of thioether (sulfide) groups is 1. The third-order valence-corrected chi connectivity index (χ3v) is 4.19. The first-order valence-electron chi connectivity index (χ1n) is 7.34. The number of hydrogen-bond acceptors (Lipinski definition) is 6. The van der Waals surface area contributed by atoms with Gasteiger partial charge in [0.15, 0.2) is 0 Å². The van der Waals surface area contributed by atoms with E-state index in [1.165, 1.54) is 0 Å².